The Balaban J connectivity index is 2.32. The minimum absolute atomic E-state index is 0.293. The number of imidazole rings is 1. The molecule has 0 saturated carbocycles. The molecule has 7 nitrogen and oxygen atoms in total. The van der Waals surface area contributed by atoms with Gasteiger partial charge in [-0.2, -0.15) is 0 Å². The summed E-state index contributed by atoms with van der Waals surface area (Å²) in [7, 11) is 0. The minimum atomic E-state index is -0.313. The van der Waals surface area contributed by atoms with Crippen LogP contribution in [0.2, 0.25) is 0 Å². The Kier molecular flexibility index (Phi) is 4.10. The van der Waals surface area contributed by atoms with Crippen LogP contribution in [0.15, 0.2) is 34.1 Å². The summed E-state index contributed by atoms with van der Waals surface area (Å²) < 4.78 is 2.86. The minimum Gasteiger partial charge on any atom is -0.332 e. The Labute approximate surface area is 132 Å². The molecule has 1 N–H and O–H groups in total. The van der Waals surface area contributed by atoms with Crippen molar-refractivity contribution in [2.75, 3.05) is 0 Å². The molecule has 0 aliphatic carbocycles. The molecule has 0 spiro atoms. The van der Waals surface area contributed by atoms with Gasteiger partial charge in [-0.3, -0.25) is 18.9 Å². The molecule has 0 aliphatic rings. The van der Waals surface area contributed by atoms with E-state index in [1.54, 1.807) is 17.0 Å². The summed E-state index contributed by atoms with van der Waals surface area (Å²) in [6.45, 7) is 4.86. The van der Waals surface area contributed by atoms with E-state index in [0.29, 0.717) is 30.1 Å². The van der Waals surface area contributed by atoms with Crippen molar-refractivity contribution in [1.29, 1.82) is 0 Å². The molecule has 3 aromatic heterocycles. The lowest BCUT2D eigenvalue weighted by molar-refractivity contribution is 0.555. The fourth-order valence-corrected chi connectivity index (χ4v) is 2.66. The normalized spacial score (nSPS) is 11.2. The molecule has 7 heteroatoms. The van der Waals surface area contributed by atoms with Gasteiger partial charge in [0.15, 0.2) is 5.65 Å². The molecule has 0 unspecified atom stereocenters. The van der Waals surface area contributed by atoms with Gasteiger partial charge in [0.05, 0.1) is 0 Å². The van der Waals surface area contributed by atoms with Gasteiger partial charge in [0.2, 0.25) is 0 Å². The van der Waals surface area contributed by atoms with Gasteiger partial charge in [-0.1, -0.05) is 13.8 Å². The highest BCUT2D eigenvalue weighted by Crippen LogP contribution is 2.17. The predicted molar refractivity (Wildman–Crippen MR) is 88.4 cm³/mol. The molecule has 0 aromatic carbocycles. The Morgan fingerprint density at radius 3 is 2.35 bits per heavy atom. The number of aromatic nitrogens is 5. The molecule has 0 radical (unpaired) electrons. The lowest BCUT2D eigenvalue weighted by Gasteiger charge is -2.09. The van der Waals surface area contributed by atoms with Crippen LogP contribution in [0.5, 0.6) is 0 Å². The number of hydrogen-bond acceptors (Lipinski definition) is 4. The third-order valence-electron chi connectivity index (χ3n) is 3.71. The zero-order valence-corrected chi connectivity index (χ0v) is 13.2. The van der Waals surface area contributed by atoms with Crippen molar-refractivity contribution in [1.82, 2.24) is 24.1 Å². The molecular weight excluding hydrogens is 294 g/mol. The zero-order valence-electron chi connectivity index (χ0n) is 13.2. The van der Waals surface area contributed by atoms with Crippen LogP contribution >= 0.6 is 0 Å². The second-order valence-electron chi connectivity index (χ2n) is 5.41. The SMILES string of the molecule is CCCn1c(=O)c2[nH]c(-c3ccncc3)nc2n(CCC)c1=O. The van der Waals surface area contributed by atoms with Crippen LogP contribution in [-0.4, -0.2) is 24.1 Å². The summed E-state index contributed by atoms with van der Waals surface area (Å²) in [5.41, 5.74) is 1.01. The molecule has 3 aromatic rings. The van der Waals surface area contributed by atoms with Crippen molar-refractivity contribution < 1.29 is 0 Å². The number of aryl methyl sites for hydroxylation is 1. The number of nitrogens with one attached hydrogen (secondary N) is 1. The molecule has 0 saturated heterocycles. The maximum absolute atomic E-state index is 12.6. The molecule has 23 heavy (non-hydrogen) atoms. The van der Waals surface area contributed by atoms with E-state index in [-0.39, 0.29) is 11.2 Å². The van der Waals surface area contributed by atoms with E-state index in [1.165, 1.54) is 4.57 Å². The van der Waals surface area contributed by atoms with E-state index < -0.39 is 0 Å². The summed E-state index contributed by atoms with van der Waals surface area (Å²) in [6.07, 6.45) is 4.84. The summed E-state index contributed by atoms with van der Waals surface area (Å²) in [6, 6.07) is 3.62. The number of fused-ring (bicyclic) bond motifs is 1. The lowest BCUT2D eigenvalue weighted by atomic mass is 10.3. The number of rotatable bonds is 5. The summed E-state index contributed by atoms with van der Waals surface area (Å²) in [5.74, 6) is 0.568. The van der Waals surface area contributed by atoms with Crippen LogP contribution in [0, 0.1) is 0 Å². The Bertz CT molecular complexity index is 937. The van der Waals surface area contributed by atoms with Crippen molar-refractivity contribution >= 4 is 11.2 Å². The first-order valence-corrected chi connectivity index (χ1v) is 7.81. The first-order valence-electron chi connectivity index (χ1n) is 7.81. The van der Waals surface area contributed by atoms with E-state index in [1.807, 2.05) is 26.0 Å². The highest BCUT2D eigenvalue weighted by molar-refractivity contribution is 5.75. The number of aromatic amines is 1. The highest BCUT2D eigenvalue weighted by Gasteiger charge is 2.17. The maximum atomic E-state index is 12.6. The first-order chi connectivity index (χ1) is 11.2. The topological polar surface area (TPSA) is 85.6 Å². The summed E-state index contributed by atoms with van der Waals surface area (Å²) in [5, 5.41) is 0. The fourth-order valence-electron chi connectivity index (χ4n) is 2.66. The third kappa shape index (κ3) is 2.58. The van der Waals surface area contributed by atoms with Crippen LogP contribution in [0.4, 0.5) is 0 Å². The number of hydrogen-bond donors (Lipinski definition) is 1. The van der Waals surface area contributed by atoms with Gasteiger partial charge in [0, 0.05) is 31.0 Å². The second kappa shape index (κ2) is 6.20. The number of H-pyrrole nitrogens is 1. The molecule has 0 atom stereocenters. The predicted octanol–water partition coefficient (Wildman–Crippen LogP) is 1.77. The van der Waals surface area contributed by atoms with Crippen molar-refractivity contribution in [3.8, 4) is 11.4 Å². The highest BCUT2D eigenvalue weighted by atomic mass is 16.2. The van der Waals surface area contributed by atoms with E-state index in [2.05, 4.69) is 15.0 Å². The monoisotopic (exact) mass is 313 g/mol. The van der Waals surface area contributed by atoms with E-state index in [9.17, 15) is 9.59 Å². The standard InChI is InChI=1S/C16H19N5O2/c1-3-9-20-14-12(15(22)21(10-4-2)16(20)23)18-13(19-14)11-5-7-17-8-6-11/h5-8H,3-4,9-10H2,1-2H3,(H,18,19). The zero-order chi connectivity index (χ0) is 16.4. The molecule has 0 fully saturated rings. The van der Waals surface area contributed by atoms with Crippen molar-refractivity contribution in [3.05, 3.63) is 45.4 Å². The quantitative estimate of drug-likeness (QED) is 0.778. The summed E-state index contributed by atoms with van der Waals surface area (Å²) in [4.78, 5) is 36.7. The van der Waals surface area contributed by atoms with Crippen LogP contribution in [-0.2, 0) is 13.1 Å². The average Bonchev–Trinajstić information content (AvgIpc) is 3.02. The molecular formula is C16H19N5O2. The number of pyridine rings is 1. The van der Waals surface area contributed by atoms with Crippen LogP contribution in [0.1, 0.15) is 26.7 Å². The largest absolute Gasteiger partial charge is 0.332 e. The molecule has 0 amide bonds. The van der Waals surface area contributed by atoms with Gasteiger partial charge in [-0.25, -0.2) is 9.78 Å². The van der Waals surface area contributed by atoms with E-state index in [0.717, 1.165) is 18.4 Å². The van der Waals surface area contributed by atoms with Gasteiger partial charge in [-0.05, 0) is 25.0 Å². The average molecular weight is 313 g/mol. The maximum Gasteiger partial charge on any atom is 0.332 e. The summed E-state index contributed by atoms with van der Waals surface area (Å²) >= 11 is 0. The van der Waals surface area contributed by atoms with Crippen LogP contribution in [0.25, 0.3) is 22.6 Å². The van der Waals surface area contributed by atoms with Crippen molar-refractivity contribution in [3.63, 3.8) is 0 Å². The second-order valence-corrected chi connectivity index (χ2v) is 5.41. The van der Waals surface area contributed by atoms with Gasteiger partial charge in [0.25, 0.3) is 5.56 Å². The smallest absolute Gasteiger partial charge is 0.332 e. The van der Waals surface area contributed by atoms with Gasteiger partial charge in [0.1, 0.15) is 11.3 Å². The van der Waals surface area contributed by atoms with Gasteiger partial charge in [-0.15, -0.1) is 0 Å². The molecule has 3 heterocycles. The Morgan fingerprint density at radius 1 is 1.04 bits per heavy atom. The van der Waals surface area contributed by atoms with Crippen molar-refractivity contribution in [2.45, 2.75) is 39.8 Å². The Hall–Kier alpha value is -2.70. The molecule has 0 bridgehead atoms. The van der Waals surface area contributed by atoms with Crippen LogP contribution < -0.4 is 11.2 Å². The molecule has 0 aliphatic heterocycles. The Morgan fingerprint density at radius 2 is 1.70 bits per heavy atom. The van der Waals surface area contributed by atoms with Gasteiger partial charge >= 0.3 is 5.69 Å². The first kappa shape index (κ1) is 15.2. The van der Waals surface area contributed by atoms with Gasteiger partial charge < -0.3 is 4.98 Å². The number of nitrogens with zero attached hydrogens (tertiary/aromatic N) is 4. The fraction of sp³-hybridized carbons (Fsp3) is 0.375. The van der Waals surface area contributed by atoms with E-state index in [4.69, 9.17) is 0 Å². The lowest BCUT2D eigenvalue weighted by Crippen LogP contribution is -2.40. The van der Waals surface area contributed by atoms with Crippen molar-refractivity contribution in [2.24, 2.45) is 0 Å². The van der Waals surface area contributed by atoms with Crippen LogP contribution in [0.3, 0.4) is 0 Å². The third-order valence-corrected chi connectivity index (χ3v) is 3.71. The molecule has 120 valence electrons. The molecule has 3 rings (SSSR count). The van der Waals surface area contributed by atoms with E-state index >= 15 is 0 Å².